The average molecular weight is 304 g/mol. The monoisotopic (exact) mass is 304 g/mol. The van der Waals surface area contributed by atoms with E-state index in [0.717, 1.165) is 31.5 Å². The second-order valence-electron chi connectivity index (χ2n) is 5.82. The highest BCUT2D eigenvalue weighted by Gasteiger charge is 2.21. The first-order valence-corrected chi connectivity index (χ1v) is 7.76. The van der Waals surface area contributed by atoms with Gasteiger partial charge < -0.3 is 10.6 Å². The Kier molecular flexibility index (Phi) is 6.33. The molecule has 1 aliphatic rings. The van der Waals surface area contributed by atoms with Crippen molar-refractivity contribution in [2.24, 2.45) is 5.92 Å². The number of rotatable bonds is 6. The summed E-state index contributed by atoms with van der Waals surface area (Å²) < 4.78 is 0. The molecule has 6 heteroatoms. The molecule has 0 spiro atoms. The first-order valence-electron chi connectivity index (χ1n) is 7.76. The first-order chi connectivity index (χ1) is 10.6. The summed E-state index contributed by atoms with van der Waals surface area (Å²) in [6.45, 7) is 4.96. The fraction of sp³-hybridized carbons (Fsp3) is 0.562. The van der Waals surface area contributed by atoms with E-state index >= 15 is 0 Å². The molecule has 1 aromatic rings. The third-order valence-electron chi connectivity index (χ3n) is 3.82. The molecule has 2 N–H and O–H groups in total. The maximum absolute atomic E-state index is 12.0. The summed E-state index contributed by atoms with van der Waals surface area (Å²) in [7, 11) is 0. The van der Waals surface area contributed by atoms with Crippen molar-refractivity contribution in [2.75, 3.05) is 26.2 Å². The van der Waals surface area contributed by atoms with Crippen molar-refractivity contribution >= 4 is 11.8 Å². The van der Waals surface area contributed by atoms with Crippen LogP contribution >= 0.6 is 0 Å². The van der Waals surface area contributed by atoms with Gasteiger partial charge >= 0.3 is 0 Å². The number of carbonyl (C=O) groups excluding carboxylic acids is 2. The van der Waals surface area contributed by atoms with E-state index in [1.807, 2.05) is 12.1 Å². The van der Waals surface area contributed by atoms with Crippen molar-refractivity contribution in [1.82, 2.24) is 20.5 Å². The lowest BCUT2D eigenvalue weighted by Gasteiger charge is -2.32. The van der Waals surface area contributed by atoms with Crippen molar-refractivity contribution in [1.29, 1.82) is 0 Å². The molecule has 0 aromatic carbocycles. The Morgan fingerprint density at radius 2 is 2.27 bits per heavy atom. The van der Waals surface area contributed by atoms with Crippen LogP contribution in [0.3, 0.4) is 0 Å². The van der Waals surface area contributed by atoms with Crippen LogP contribution in [0, 0.1) is 5.92 Å². The predicted molar refractivity (Wildman–Crippen MR) is 83.9 cm³/mol. The van der Waals surface area contributed by atoms with E-state index in [9.17, 15) is 9.59 Å². The van der Waals surface area contributed by atoms with Gasteiger partial charge in [0, 0.05) is 39.0 Å². The highest BCUT2D eigenvalue weighted by molar-refractivity contribution is 5.78. The molecule has 2 heterocycles. The molecule has 1 aromatic heterocycles. The number of likely N-dealkylation sites (tertiary alicyclic amines) is 1. The number of carbonyl (C=O) groups is 2. The smallest absolute Gasteiger partial charge is 0.234 e. The Morgan fingerprint density at radius 1 is 1.41 bits per heavy atom. The summed E-state index contributed by atoms with van der Waals surface area (Å²) in [5.74, 6) is 0.471. The van der Waals surface area contributed by atoms with Gasteiger partial charge in [-0.3, -0.25) is 19.5 Å². The van der Waals surface area contributed by atoms with Crippen molar-refractivity contribution in [3.63, 3.8) is 0 Å². The van der Waals surface area contributed by atoms with Crippen LogP contribution in [0.5, 0.6) is 0 Å². The van der Waals surface area contributed by atoms with Crippen molar-refractivity contribution < 1.29 is 9.59 Å². The van der Waals surface area contributed by atoms with Crippen LogP contribution in [-0.4, -0.2) is 47.9 Å². The summed E-state index contributed by atoms with van der Waals surface area (Å²) in [4.78, 5) is 29.2. The highest BCUT2D eigenvalue weighted by atomic mass is 16.2. The molecular formula is C16H24N4O2. The summed E-state index contributed by atoms with van der Waals surface area (Å²) in [5.41, 5.74) is 0.998. The predicted octanol–water partition coefficient (Wildman–Crippen LogP) is 0.546. The average Bonchev–Trinajstić information content (AvgIpc) is 2.52. The second kappa shape index (κ2) is 8.48. The van der Waals surface area contributed by atoms with Gasteiger partial charge in [0.15, 0.2) is 0 Å². The van der Waals surface area contributed by atoms with Crippen LogP contribution in [0.1, 0.15) is 25.3 Å². The van der Waals surface area contributed by atoms with Crippen LogP contribution in [0.15, 0.2) is 24.5 Å². The van der Waals surface area contributed by atoms with E-state index in [4.69, 9.17) is 0 Å². The normalized spacial score (nSPS) is 18.7. The van der Waals surface area contributed by atoms with Crippen molar-refractivity contribution in [2.45, 2.75) is 26.3 Å². The minimum absolute atomic E-state index is 0.00587. The fourth-order valence-electron chi connectivity index (χ4n) is 2.71. The Hall–Kier alpha value is -1.95. The lowest BCUT2D eigenvalue weighted by Crippen LogP contribution is -2.44. The van der Waals surface area contributed by atoms with Crippen LogP contribution in [-0.2, 0) is 16.1 Å². The Bertz CT molecular complexity index is 492. The van der Waals surface area contributed by atoms with Crippen LogP contribution < -0.4 is 10.6 Å². The Balaban J connectivity index is 1.70. The molecule has 1 saturated heterocycles. The maximum atomic E-state index is 12.0. The van der Waals surface area contributed by atoms with Gasteiger partial charge in [0.2, 0.25) is 11.8 Å². The fourth-order valence-corrected chi connectivity index (χ4v) is 2.71. The molecule has 2 amide bonds. The highest BCUT2D eigenvalue weighted by Crippen LogP contribution is 2.15. The van der Waals surface area contributed by atoms with E-state index in [1.54, 1.807) is 12.4 Å². The summed E-state index contributed by atoms with van der Waals surface area (Å²) in [6, 6.07) is 3.80. The number of aromatic nitrogens is 1. The number of nitrogens with one attached hydrogen (secondary N) is 2. The van der Waals surface area contributed by atoms with Gasteiger partial charge in [-0.15, -0.1) is 0 Å². The maximum Gasteiger partial charge on any atom is 0.234 e. The molecule has 0 aliphatic carbocycles. The minimum Gasteiger partial charge on any atom is -0.356 e. The number of pyridine rings is 1. The molecule has 0 saturated carbocycles. The van der Waals surface area contributed by atoms with E-state index in [1.165, 1.54) is 6.92 Å². The van der Waals surface area contributed by atoms with Crippen molar-refractivity contribution in [3.05, 3.63) is 30.1 Å². The van der Waals surface area contributed by atoms with Crippen molar-refractivity contribution in [3.8, 4) is 0 Å². The molecule has 120 valence electrons. The van der Waals surface area contributed by atoms with Gasteiger partial charge in [-0.2, -0.15) is 0 Å². The van der Waals surface area contributed by atoms with Crippen LogP contribution in [0.2, 0.25) is 0 Å². The van der Waals surface area contributed by atoms with E-state index in [-0.39, 0.29) is 11.8 Å². The zero-order valence-electron chi connectivity index (χ0n) is 13.0. The molecule has 0 bridgehead atoms. The van der Waals surface area contributed by atoms with Gasteiger partial charge in [-0.25, -0.2) is 0 Å². The third-order valence-corrected chi connectivity index (χ3v) is 3.82. The lowest BCUT2D eigenvalue weighted by atomic mass is 9.98. The van der Waals surface area contributed by atoms with Crippen LogP contribution in [0.4, 0.5) is 0 Å². The molecule has 1 unspecified atom stereocenters. The van der Waals surface area contributed by atoms with E-state index in [2.05, 4.69) is 20.5 Å². The summed E-state index contributed by atoms with van der Waals surface area (Å²) >= 11 is 0. The van der Waals surface area contributed by atoms with Gasteiger partial charge in [0.1, 0.15) is 0 Å². The van der Waals surface area contributed by atoms with E-state index < -0.39 is 0 Å². The number of piperidine rings is 1. The molecule has 1 fully saturated rings. The first kappa shape index (κ1) is 16.4. The molecule has 22 heavy (non-hydrogen) atoms. The second-order valence-corrected chi connectivity index (χ2v) is 5.82. The van der Waals surface area contributed by atoms with Gasteiger partial charge in [-0.05, 0) is 36.9 Å². The SMILES string of the molecule is CC(=O)NCC1CCCN(CC(=O)NCc2cccnc2)C1. The number of hydrogen-bond donors (Lipinski definition) is 2. The number of nitrogens with zero attached hydrogens (tertiary/aromatic N) is 2. The van der Waals surface area contributed by atoms with Gasteiger partial charge in [0.25, 0.3) is 0 Å². The quantitative estimate of drug-likeness (QED) is 0.805. The Labute approximate surface area is 131 Å². The molecule has 0 radical (unpaired) electrons. The topological polar surface area (TPSA) is 74.3 Å². The minimum atomic E-state index is 0.00587. The number of amides is 2. The summed E-state index contributed by atoms with van der Waals surface area (Å²) in [5, 5.41) is 5.78. The molecule has 6 nitrogen and oxygen atoms in total. The molecular weight excluding hydrogens is 280 g/mol. The van der Waals surface area contributed by atoms with E-state index in [0.29, 0.717) is 25.6 Å². The van der Waals surface area contributed by atoms with Gasteiger partial charge in [-0.1, -0.05) is 6.07 Å². The summed E-state index contributed by atoms with van der Waals surface area (Å²) in [6.07, 6.45) is 5.65. The molecule has 1 atom stereocenters. The number of hydrogen-bond acceptors (Lipinski definition) is 4. The van der Waals surface area contributed by atoms with Gasteiger partial charge in [0.05, 0.1) is 6.54 Å². The zero-order chi connectivity index (χ0) is 15.8. The van der Waals surface area contributed by atoms with Crippen LogP contribution in [0.25, 0.3) is 0 Å². The zero-order valence-corrected chi connectivity index (χ0v) is 13.0. The Morgan fingerprint density at radius 3 is 3.00 bits per heavy atom. The third kappa shape index (κ3) is 5.81. The standard InChI is InChI=1S/C16H24N4O2/c1-13(21)18-10-15-5-3-7-20(11-15)12-16(22)19-9-14-4-2-6-17-8-14/h2,4,6,8,15H,3,5,7,9-12H2,1H3,(H,18,21)(H,19,22). The largest absolute Gasteiger partial charge is 0.356 e. The molecule has 1 aliphatic heterocycles. The lowest BCUT2D eigenvalue weighted by molar-refractivity contribution is -0.123. The molecule has 2 rings (SSSR count).